The van der Waals surface area contributed by atoms with Crippen molar-refractivity contribution in [1.29, 1.82) is 0 Å². The van der Waals surface area contributed by atoms with Crippen molar-refractivity contribution in [1.82, 2.24) is 19.5 Å². The maximum Gasteiger partial charge on any atom is 0.174 e. The van der Waals surface area contributed by atoms with E-state index in [0.717, 1.165) is 27.5 Å². The van der Waals surface area contributed by atoms with Crippen LogP contribution in [-0.2, 0) is 13.5 Å². The maximum absolute atomic E-state index is 4.40. The van der Waals surface area contributed by atoms with Gasteiger partial charge in [0, 0.05) is 24.8 Å². The number of aromatic nitrogens is 4. The van der Waals surface area contributed by atoms with Gasteiger partial charge in [0.05, 0.1) is 5.52 Å². The first kappa shape index (κ1) is 12.2. The minimum Gasteiger partial charge on any atom is -0.329 e. The molecular formula is C14H14N4S. The molecular weight excluding hydrogens is 256 g/mol. The lowest BCUT2D eigenvalue weighted by atomic mass is 10.1. The van der Waals surface area contributed by atoms with Crippen LogP contribution in [0, 0.1) is 0 Å². The average molecular weight is 270 g/mol. The van der Waals surface area contributed by atoms with Gasteiger partial charge in [-0.15, -0.1) is 0 Å². The van der Waals surface area contributed by atoms with Gasteiger partial charge in [0.2, 0.25) is 0 Å². The molecule has 4 nitrogen and oxygen atoms in total. The quantitative estimate of drug-likeness (QED) is 0.686. The molecule has 0 bridgehead atoms. The summed E-state index contributed by atoms with van der Waals surface area (Å²) >= 11 is 1.57. The van der Waals surface area contributed by atoms with Crippen molar-refractivity contribution < 1.29 is 0 Å². The lowest BCUT2D eigenvalue weighted by Gasteiger charge is -2.06. The van der Waals surface area contributed by atoms with Crippen LogP contribution in [0.5, 0.6) is 0 Å². The topological polar surface area (TPSA) is 43.6 Å². The minimum absolute atomic E-state index is 0.932. The molecule has 0 amide bonds. The van der Waals surface area contributed by atoms with Crippen LogP contribution in [0.3, 0.4) is 0 Å². The monoisotopic (exact) mass is 270 g/mol. The van der Waals surface area contributed by atoms with Gasteiger partial charge in [-0.2, -0.15) is 0 Å². The van der Waals surface area contributed by atoms with Gasteiger partial charge in [-0.25, -0.2) is 15.0 Å². The summed E-state index contributed by atoms with van der Waals surface area (Å²) in [5.74, 6) is 0. The summed E-state index contributed by atoms with van der Waals surface area (Å²) in [5, 5.41) is 2.98. The normalized spacial score (nSPS) is 11.1. The smallest absolute Gasteiger partial charge is 0.174 e. The van der Waals surface area contributed by atoms with Gasteiger partial charge in [0.15, 0.2) is 5.16 Å². The lowest BCUT2D eigenvalue weighted by Crippen LogP contribution is -1.92. The second kappa shape index (κ2) is 5.01. The zero-order valence-corrected chi connectivity index (χ0v) is 11.7. The SMILES string of the molecule is CCc1ccc2ncnc(Sc3nccn3C)c2c1. The Morgan fingerprint density at radius 2 is 2.11 bits per heavy atom. The Bertz CT molecular complexity index is 720. The van der Waals surface area contributed by atoms with Crippen molar-refractivity contribution in [3.63, 3.8) is 0 Å². The van der Waals surface area contributed by atoms with Gasteiger partial charge < -0.3 is 4.57 Å². The van der Waals surface area contributed by atoms with Crippen LogP contribution in [0.4, 0.5) is 0 Å². The van der Waals surface area contributed by atoms with Gasteiger partial charge in [-0.1, -0.05) is 13.0 Å². The number of imidazole rings is 1. The zero-order valence-electron chi connectivity index (χ0n) is 10.9. The van der Waals surface area contributed by atoms with E-state index >= 15 is 0 Å². The van der Waals surface area contributed by atoms with Gasteiger partial charge >= 0.3 is 0 Å². The summed E-state index contributed by atoms with van der Waals surface area (Å²) in [6, 6.07) is 6.34. The Morgan fingerprint density at radius 3 is 2.84 bits per heavy atom. The standard InChI is InChI=1S/C14H14N4S/c1-3-10-4-5-12-11(8-10)13(17-9-16-12)19-14-15-6-7-18(14)2/h4-9H,3H2,1-2H3. The number of benzene rings is 1. The number of hydrogen-bond donors (Lipinski definition) is 0. The molecule has 0 aliphatic rings. The van der Waals surface area contributed by atoms with E-state index in [-0.39, 0.29) is 0 Å². The van der Waals surface area contributed by atoms with Gasteiger partial charge in [0.25, 0.3) is 0 Å². The van der Waals surface area contributed by atoms with Gasteiger partial charge in [-0.3, -0.25) is 0 Å². The molecule has 96 valence electrons. The van der Waals surface area contributed by atoms with E-state index in [1.807, 2.05) is 17.8 Å². The van der Waals surface area contributed by atoms with Crippen LogP contribution < -0.4 is 0 Å². The molecule has 0 saturated heterocycles. The highest BCUT2D eigenvalue weighted by atomic mass is 32.2. The van der Waals surface area contributed by atoms with E-state index < -0.39 is 0 Å². The van der Waals surface area contributed by atoms with Crippen LogP contribution in [0.25, 0.3) is 10.9 Å². The number of fused-ring (bicyclic) bond motifs is 1. The molecule has 0 unspecified atom stereocenters. The molecule has 0 atom stereocenters. The predicted octanol–water partition coefficient (Wildman–Crippen LogP) is 3.08. The van der Waals surface area contributed by atoms with E-state index in [0.29, 0.717) is 0 Å². The van der Waals surface area contributed by atoms with Crippen LogP contribution in [0.15, 0.2) is 47.1 Å². The number of rotatable bonds is 3. The van der Waals surface area contributed by atoms with Crippen LogP contribution in [0.2, 0.25) is 0 Å². The third-order valence-electron chi connectivity index (χ3n) is 3.04. The lowest BCUT2D eigenvalue weighted by molar-refractivity contribution is 0.789. The van der Waals surface area contributed by atoms with E-state index in [1.54, 1.807) is 24.3 Å². The van der Waals surface area contributed by atoms with Crippen LogP contribution in [-0.4, -0.2) is 19.5 Å². The number of nitrogens with zero attached hydrogens (tertiary/aromatic N) is 4. The molecule has 2 aromatic heterocycles. The van der Waals surface area contributed by atoms with E-state index in [1.165, 1.54) is 5.56 Å². The maximum atomic E-state index is 4.40. The van der Waals surface area contributed by atoms with Crippen LogP contribution in [0.1, 0.15) is 12.5 Å². The molecule has 2 heterocycles. The summed E-state index contributed by atoms with van der Waals surface area (Å²) < 4.78 is 1.99. The van der Waals surface area contributed by atoms with E-state index in [2.05, 4.69) is 40.1 Å². The molecule has 0 aliphatic heterocycles. The fourth-order valence-corrected chi connectivity index (χ4v) is 2.78. The summed E-state index contributed by atoms with van der Waals surface area (Å²) in [6.07, 6.45) is 6.35. The van der Waals surface area contributed by atoms with E-state index in [4.69, 9.17) is 0 Å². The highest BCUT2D eigenvalue weighted by Crippen LogP contribution is 2.30. The molecule has 3 rings (SSSR count). The Balaban J connectivity index is 2.10. The highest BCUT2D eigenvalue weighted by Gasteiger charge is 2.09. The van der Waals surface area contributed by atoms with Gasteiger partial charge in [-0.05, 0) is 35.9 Å². The number of hydrogen-bond acceptors (Lipinski definition) is 4. The molecule has 0 fully saturated rings. The first-order valence-electron chi connectivity index (χ1n) is 6.16. The van der Waals surface area contributed by atoms with Crippen molar-refractivity contribution >= 4 is 22.7 Å². The fourth-order valence-electron chi connectivity index (χ4n) is 1.92. The minimum atomic E-state index is 0.932. The van der Waals surface area contributed by atoms with Crippen LogP contribution >= 0.6 is 11.8 Å². The molecule has 0 aliphatic carbocycles. The molecule has 5 heteroatoms. The summed E-state index contributed by atoms with van der Waals surface area (Å²) in [7, 11) is 1.98. The Labute approximate surface area is 115 Å². The summed E-state index contributed by atoms with van der Waals surface area (Å²) in [6.45, 7) is 2.15. The Hall–Kier alpha value is -1.88. The first-order chi connectivity index (χ1) is 9.28. The Kier molecular flexibility index (Phi) is 3.21. The Morgan fingerprint density at radius 1 is 1.21 bits per heavy atom. The molecule has 19 heavy (non-hydrogen) atoms. The third kappa shape index (κ3) is 2.33. The predicted molar refractivity (Wildman–Crippen MR) is 76.2 cm³/mol. The molecule has 1 aromatic carbocycles. The zero-order chi connectivity index (χ0) is 13.2. The summed E-state index contributed by atoms with van der Waals surface area (Å²) in [4.78, 5) is 13.0. The van der Waals surface area contributed by atoms with Crippen molar-refractivity contribution in [2.24, 2.45) is 7.05 Å². The fraction of sp³-hybridized carbons (Fsp3) is 0.214. The van der Waals surface area contributed by atoms with Gasteiger partial charge in [0.1, 0.15) is 11.4 Å². The summed E-state index contributed by atoms with van der Waals surface area (Å²) in [5.41, 5.74) is 2.27. The molecule has 3 aromatic rings. The second-order valence-corrected chi connectivity index (χ2v) is 5.26. The molecule has 0 spiro atoms. The second-order valence-electron chi connectivity index (χ2n) is 4.31. The van der Waals surface area contributed by atoms with E-state index in [9.17, 15) is 0 Å². The highest BCUT2D eigenvalue weighted by molar-refractivity contribution is 7.99. The molecule has 0 N–H and O–H groups in total. The first-order valence-corrected chi connectivity index (χ1v) is 6.98. The molecule has 0 radical (unpaired) electrons. The van der Waals surface area contributed by atoms with Crippen molar-refractivity contribution in [2.75, 3.05) is 0 Å². The van der Waals surface area contributed by atoms with Crippen molar-refractivity contribution in [2.45, 2.75) is 23.5 Å². The van der Waals surface area contributed by atoms with Crippen molar-refractivity contribution in [3.05, 3.63) is 42.5 Å². The number of aryl methyl sites for hydroxylation is 2. The third-order valence-corrected chi connectivity index (χ3v) is 4.13. The molecule has 0 saturated carbocycles. The van der Waals surface area contributed by atoms with Crippen molar-refractivity contribution in [3.8, 4) is 0 Å². The largest absolute Gasteiger partial charge is 0.329 e. The average Bonchev–Trinajstić information content (AvgIpc) is 2.84.